The second-order valence-corrected chi connectivity index (χ2v) is 8.57. The van der Waals surface area contributed by atoms with E-state index in [-0.39, 0.29) is 5.91 Å². The van der Waals surface area contributed by atoms with E-state index in [2.05, 4.69) is 31.3 Å². The van der Waals surface area contributed by atoms with Crippen LogP contribution in [0.4, 0.5) is 0 Å². The molecule has 35 heavy (non-hydrogen) atoms. The molecule has 0 aliphatic rings. The summed E-state index contributed by atoms with van der Waals surface area (Å²) < 4.78 is 13.2. The number of pyridine rings is 1. The Labute approximate surface area is 206 Å². The van der Waals surface area contributed by atoms with Crippen LogP contribution in [-0.2, 0) is 17.8 Å². The van der Waals surface area contributed by atoms with Crippen LogP contribution in [-0.4, -0.2) is 34.4 Å². The predicted molar refractivity (Wildman–Crippen MR) is 137 cm³/mol. The number of rotatable bonds is 9. The molecular formula is C28H32N4O3. The predicted octanol–water partition coefficient (Wildman–Crippen LogP) is 5.00. The Balaban J connectivity index is 1.59. The Morgan fingerprint density at radius 3 is 2.51 bits per heavy atom. The van der Waals surface area contributed by atoms with E-state index in [9.17, 15) is 4.79 Å². The highest BCUT2D eigenvalue weighted by Gasteiger charge is 2.20. The number of aromatic nitrogens is 3. The lowest BCUT2D eigenvalue weighted by Gasteiger charge is -2.14. The minimum absolute atomic E-state index is 0.0371. The number of ether oxygens (including phenoxy) is 2. The third kappa shape index (κ3) is 5.14. The van der Waals surface area contributed by atoms with Gasteiger partial charge in [0.05, 0.1) is 25.1 Å². The summed E-state index contributed by atoms with van der Waals surface area (Å²) in [5.74, 6) is 1.28. The third-order valence-corrected chi connectivity index (χ3v) is 6.16. The van der Waals surface area contributed by atoms with Crippen LogP contribution >= 0.6 is 0 Å². The maximum atomic E-state index is 12.7. The van der Waals surface area contributed by atoms with Crippen molar-refractivity contribution >= 4 is 16.9 Å². The molecule has 0 saturated carbocycles. The first-order chi connectivity index (χ1) is 16.9. The summed E-state index contributed by atoms with van der Waals surface area (Å²) in [4.78, 5) is 17.6. The molecule has 1 amide bonds. The lowest BCUT2D eigenvalue weighted by molar-refractivity contribution is -0.121. The molecule has 4 rings (SSSR count). The molecule has 0 spiro atoms. The van der Waals surface area contributed by atoms with Crippen LogP contribution in [0, 0.1) is 20.8 Å². The number of carbonyl (C=O) groups is 1. The van der Waals surface area contributed by atoms with Crippen molar-refractivity contribution in [2.24, 2.45) is 0 Å². The Bertz CT molecular complexity index is 1340. The summed E-state index contributed by atoms with van der Waals surface area (Å²) >= 11 is 0. The summed E-state index contributed by atoms with van der Waals surface area (Å²) in [6.45, 7) is 8.95. The number of aryl methyl sites for hydroxylation is 3. The van der Waals surface area contributed by atoms with Gasteiger partial charge in [0.15, 0.2) is 5.65 Å². The molecule has 0 aliphatic carbocycles. The third-order valence-electron chi connectivity index (χ3n) is 6.16. The van der Waals surface area contributed by atoms with Crippen LogP contribution in [0.15, 0.2) is 48.5 Å². The van der Waals surface area contributed by atoms with Gasteiger partial charge in [-0.1, -0.05) is 35.9 Å². The van der Waals surface area contributed by atoms with Crippen LogP contribution in [0.25, 0.3) is 16.7 Å². The second kappa shape index (κ2) is 10.6. The Morgan fingerprint density at radius 2 is 1.80 bits per heavy atom. The van der Waals surface area contributed by atoms with Gasteiger partial charge in [-0.25, -0.2) is 4.68 Å². The molecule has 0 fully saturated rings. The number of fused-ring (bicyclic) bond motifs is 1. The van der Waals surface area contributed by atoms with Crippen molar-refractivity contribution in [1.29, 1.82) is 0 Å². The van der Waals surface area contributed by atoms with E-state index in [0.717, 1.165) is 44.9 Å². The molecule has 0 aliphatic heterocycles. The fourth-order valence-corrected chi connectivity index (χ4v) is 4.32. The monoisotopic (exact) mass is 472 g/mol. The summed E-state index contributed by atoms with van der Waals surface area (Å²) in [6.07, 6.45) is 0.853. The van der Waals surface area contributed by atoms with E-state index in [4.69, 9.17) is 19.6 Å². The molecule has 2 aromatic heterocycles. The molecule has 0 unspecified atom stereocenters. The fraction of sp³-hybridized carbons (Fsp3) is 0.321. The van der Waals surface area contributed by atoms with Gasteiger partial charge in [-0.2, -0.15) is 10.1 Å². The van der Waals surface area contributed by atoms with Crippen LogP contribution in [0.1, 0.15) is 41.3 Å². The number of methoxy groups -OCH3 is 1. The average Bonchev–Trinajstić information content (AvgIpc) is 3.19. The van der Waals surface area contributed by atoms with Crippen LogP contribution < -0.4 is 14.8 Å². The highest BCUT2D eigenvalue weighted by Crippen LogP contribution is 2.32. The molecule has 182 valence electrons. The number of amides is 1. The minimum Gasteiger partial charge on any atom is -0.496 e. The lowest BCUT2D eigenvalue weighted by Crippen LogP contribution is -2.23. The molecule has 7 nitrogen and oxygen atoms in total. The maximum absolute atomic E-state index is 12.7. The van der Waals surface area contributed by atoms with E-state index >= 15 is 0 Å². The summed E-state index contributed by atoms with van der Waals surface area (Å²) in [5, 5.41) is 8.77. The van der Waals surface area contributed by atoms with E-state index in [1.807, 2.05) is 54.9 Å². The number of nitrogens with zero attached hydrogens (tertiary/aromatic N) is 3. The number of nitrogens with one attached hydrogen (secondary N) is 1. The largest absolute Gasteiger partial charge is 0.496 e. The molecule has 7 heteroatoms. The van der Waals surface area contributed by atoms with Gasteiger partial charge in [0.25, 0.3) is 0 Å². The molecule has 1 N–H and O–H groups in total. The molecule has 0 radical (unpaired) electrons. The van der Waals surface area contributed by atoms with Crippen molar-refractivity contribution in [3.05, 3.63) is 76.5 Å². The van der Waals surface area contributed by atoms with Gasteiger partial charge in [0.1, 0.15) is 5.75 Å². The number of hydrogen-bond donors (Lipinski definition) is 1. The summed E-state index contributed by atoms with van der Waals surface area (Å²) in [6, 6.07) is 15.9. The van der Waals surface area contributed by atoms with E-state index in [1.54, 1.807) is 7.11 Å². The number of hydrogen-bond acceptors (Lipinski definition) is 5. The zero-order valence-electron chi connectivity index (χ0n) is 21.0. The van der Waals surface area contributed by atoms with Crippen molar-refractivity contribution < 1.29 is 14.3 Å². The van der Waals surface area contributed by atoms with Crippen molar-refractivity contribution in [1.82, 2.24) is 20.1 Å². The van der Waals surface area contributed by atoms with E-state index in [1.165, 1.54) is 5.56 Å². The zero-order valence-corrected chi connectivity index (χ0v) is 21.0. The number of carbonyl (C=O) groups excluding carboxylic acids is 1. The first-order valence-electron chi connectivity index (χ1n) is 11.9. The second-order valence-electron chi connectivity index (χ2n) is 8.57. The van der Waals surface area contributed by atoms with Crippen LogP contribution in [0.2, 0.25) is 0 Å². The molecule has 2 aromatic carbocycles. The van der Waals surface area contributed by atoms with Crippen molar-refractivity contribution in [2.45, 2.75) is 47.1 Å². The number of benzene rings is 2. The smallest absolute Gasteiger partial charge is 0.220 e. The highest BCUT2D eigenvalue weighted by atomic mass is 16.5. The molecule has 2 heterocycles. The van der Waals surface area contributed by atoms with Crippen molar-refractivity contribution in [3.8, 4) is 17.3 Å². The minimum atomic E-state index is -0.0371. The van der Waals surface area contributed by atoms with Gasteiger partial charge >= 0.3 is 0 Å². The average molecular weight is 473 g/mol. The summed E-state index contributed by atoms with van der Waals surface area (Å²) in [5.41, 5.74) is 6.73. The van der Waals surface area contributed by atoms with Crippen LogP contribution in [0.3, 0.4) is 0 Å². The molecule has 0 saturated heterocycles. The summed E-state index contributed by atoms with van der Waals surface area (Å²) in [7, 11) is 1.63. The first-order valence-corrected chi connectivity index (χ1v) is 11.9. The van der Waals surface area contributed by atoms with Gasteiger partial charge in [-0.05, 0) is 57.9 Å². The Hall–Kier alpha value is -3.87. The Morgan fingerprint density at radius 1 is 1.06 bits per heavy atom. The zero-order chi connectivity index (χ0) is 24.9. The lowest BCUT2D eigenvalue weighted by atomic mass is 10.0. The maximum Gasteiger partial charge on any atom is 0.220 e. The standard InChI is InChI=1S/C28H32N4O3/c1-6-35-28-23(15-16-25(33)29-17-21-9-7-8-10-24(21)34-5)19(3)26-20(4)31-32(27(26)30-28)22-13-11-18(2)12-14-22/h7-14H,6,15-17H2,1-5H3,(H,29,33). The van der Waals surface area contributed by atoms with Gasteiger partial charge in [-0.15, -0.1) is 0 Å². The fourth-order valence-electron chi connectivity index (χ4n) is 4.32. The quantitative estimate of drug-likeness (QED) is 0.371. The van der Waals surface area contributed by atoms with Gasteiger partial charge in [-0.3, -0.25) is 4.79 Å². The van der Waals surface area contributed by atoms with Crippen molar-refractivity contribution in [2.75, 3.05) is 13.7 Å². The van der Waals surface area contributed by atoms with Crippen LogP contribution in [0.5, 0.6) is 11.6 Å². The van der Waals surface area contributed by atoms with Gasteiger partial charge in [0, 0.05) is 29.5 Å². The highest BCUT2D eigenvalue weighted by molar-refractivity contribution is 5.86. The van der Waals surface area contributed by atoms with Crippen molar-refractivity contribution in [3.63, 3.8) is 0 Å². The molecular weight excluding hydrogens is 440 g/mol. The first kappa shape index (κ1) is 24.3. The van der Waals surface area contributed by atoms with E-state index < -0.39 is 0 Å². The van der Waals surface area contributed by atoms with Gasteiger partial charge < -0.3 is 14.8 Å². The molecule has 0 atom stereocenters. The molecule has 0 bridgehead atoms. The SMILES string of the molecule is CCOc1nc2c(c(C)nn2-c2ccc(C)cc2)c(C)c1CCC(=O)NCc1ccccc1OC. The molecule has 4 aromatic rings. The topological polar surface area (TPSA) is 78.3 Å². The normalized spacial score (nSPS) is 11.0. The Kier molecular flexibility index (Phi) is 7.34. The van der Waals surface area contributed by atoms with E-state index in [0.29, 0.717) is 31.9 Å². The number of para-hydroxylation sites is 1. The van der Waals surface area contributed by atoms with Gasteiger partial charge in [0.2, 0.25) is 11.8 Å².